The van der Waals surface area contributed by atoms with E-state index in [0.717, 1.165) is 29.0 Å². The fourth-order valence-corrected chi connectivity index (χ4v) is 9.95. The van der Waals surface area contributed by atoms with Crippen LogP contribution in [0.1, 0.15) is 31.9 Å². The summed E-state index contributed by atoms with van der Waals surface area (Å²) in [5.41, 5.74) is 2.17. The summed E-state index contributed by atoms with van der Waals surface area (Å²) in [6, 6.07) is 34.8. The zero-order chi connectivity index (χ0) is 28.6. The van der Waals surface area contributed by atoms with Crippen LogP contribution in [0.15, 0.2) is 103 Å². The van der Waals surface area contributed by atoms with E-state index in [-0.39, 0.29) is 16.8 Å². The van der Waals surface area contributed by atoms with Crippen LogP contribution in [-0.4, -0.2) is 40.3 Å². The Balaban J connectivity index is 1.67. The Morgan fingerprint density at radius 1 is 0.775 bits per heavy atom. The molecule has 0 radical (unpaired) electrons. The molecular formula is C34H41NO4Si. The second-order valence-corrected chi connectivity index (χ2v) is 15.4. The van der Waals surface area contributed by atoms with Gasteiger partial charge in [0.1, 0.15) is 17.2 Å². The number of aromatic hydroxyl groups is 1. The lowest BCUT2D eigenvalue weighted by atomic mass is 10.1. The molecule has 0 saturated carbocycles. The molecule has 0 bridgehead atoms. The standard InChI is InChI=1S/C34H41NO4Si/c1-34(2,3)40(31-12-8-6-9-13-31,32-14-10-7-11-15-32)39-25-28(22-26-16-19-29(36)20-17-26)35-24-27-18-21-30(37-4)23-33(27)38-5/h6-21,23,28,35-36H,22,24-25H2,1-5H3/t28-/m0/s1. The third-order valence-corrected chi connectivity index (χ3v) is 12.4. The van der Waals surface area contributed by atoms with Gasteiger partial charge in [0.05, 0.1) is 20.8 Å². The molecule has 2 N–H and O–H groups in total. The van der Waals surface area contributed by atoms with Gasteiger partial charge < -0.3 is 24.3 Å². The lowest BCUT2D eigenvalue weighted by molar-refractivity contribution is 0.247. The van der Waals surface area contributed by atoms with Gasteiger partial charge in [-0.05, 0) is 45.6 Å². The van der Waals surface area contributed by atoms with Crippen molar-refractivity contribution in [3.8, 4) is 17.2 Å². The molecule has 0 heterocycles. The molecule has 6 heteroatoms. The van der Waals surface area contributed by atoms with E-state index in [2.05, 4.69) is 86.8 Å². The van der Waals surface area contributed by atoms with Crippen LogP contribution < -0.4 is 25.2 Å². The fraction of sp³-hybridized carbons (Fsp3) is 0.294. The molecule has 0 aliphatic carbocycles. The third kappa shape index (κ3) is 6.76. The average Bonchev–Trinajstić information content (AvgIpc) is 2.97. The Morgan fingerprint density at radius 3 is 1.90 bits per heavy atom. The van der Waals surface area contributed by atoms with Crippen molar-refractivity contribution < 1.29 is 19.0 Å². The Labute approximate surface area is 239 Å². The van der Waals surface area contributed by atoms with E-state index in [1.54, 1.807) is 26.4 Å². The van der Waals surface area contributed by atoms with Crippen molar-refractivity contribution in [3.63, 3.8) is 0 Å². The van der Waals surface area contributed by atoms with Crippen molar-refractivity contribution >= 4 is 18.7 Å². The summed E-state index contributed by atoms with van der Waals surface area (Å²) in [5.74, 6) is 1.80. The number of hydrogen-bond acceptors (Lipinski definition) is 5. The molecule has 0 aromatic heterocycles. The summed E-state index contributed by atoms with van der Waals surface area (Å²) in [6.07, 6.45) is 0.747. The molecule has 4 rings (SSSR count). The predicted octanol–water partition coefficient (Wildman–Crippen LogP) is 5.69. The lowest BCUT2D eigenvalue weighted by Gasteiger charge is -2.43. The first-order chi connectivity index (χ1) is 19.3. The van der Waals surface area contributed by atoms with E-state index in [9.17, 15) is 5.11 Å². The molecule has 210 valence electrons. The molecule has 4 aromatic rings. The Hall–Kier alpha value is -3.58. The second-order valence-electron chi connectivity index (χ2n) is 11.1. The Morgan fingerprint density at radius 2 is 1.38 bits per heavy atom. The van der Waals surface area contributed by atoms with E-state index in [4.69, 9.17) is 13.9 Å². The minimum absolute atomic E-state index is 0.0120. The van der Waals surface area contributed by atoms with Gasteiger partial charge in [-0.1, -0.05) is 99.6 Å². The van der Waals surface area contributed by atoms with Gasteiger partial charge in [-0.3, -0.25) is 0 Å². The number of phenols is 1. The van der Waals surface area contributed by atoms with Crippen LogP contribution in [-0.2, 0) is 17.4 Å². The number of rotatable bonds is 12. The van der Waals surface area contributed by atoms with Gasteiger partial charge in [-0.2, -0.15) is 0 Å². The fourth-order valence-electron chi connectivity index (χ4n) is 5.35. The Kier molecular flexibility index (Phi) is 9.69. The highest BCUT2D eigenvalue weighted by molar-refractivity contribution is 6.99. The summed E-state index contributed by atoms with van der Waals surface area (Å²) in [4.78, 5) is 0. The molecule has 0 amide bonds. The van der Waals surface area contributed by atoms with Crippen molar-refractivity contribution in [1.82, 2.24) is 5.32 Å². The maximum Gasteiger partial charge on any atom is 0.261 e. The van der Waals surface area contributed by atoms with Gasteiger partial charge in [0.25, 0.3) is 8.32 Å². The van der Waals surface area contributed by atoms with E-state index >= 15 is 0 Å². The van der Waals surface area contributed by atoms with E-state index in [0.29, 0.717) is 13.2 Å². The van der Waals surface area contributed by atoms with Crippen LogP contribution in [0.5, 0.6) is 17.2 Å². The van der Waals surface area contributed by atoms with Crippen molar-refractivity contribution in [1.29, 1.82) is 0 Å². The van der Waals surface area contributed by atoms with Crippen LogP contribution in [0.2, 0.25) is 5.04 Å². The van der Waals surface area contributed by atoms with Crippen LogP contribution in [0.4, 0.5) is 0 Å². The summed E-state index contributed by atoms with van der Waals surface area (Å²) < 4.78 is 18.3. The first-order valence-corrected chi connectivity index (χ1v) is 15.6. The van der Waals surface area contributed by atoms with Gasteiger partial charge >= 0.3 is 0 Å². The van der Waals surface area contributed by atoms with Gasteiger partial charge in [-0.15, -0.1) is 0 Å². The molecule has 0 spiro atoms. The maximum absolute atomic E-state index is 9.84. The molecule has 0 saturated heterocycles. The van der Waals surface area contributed by atoms with Crippen LogP contribution >= 0.6 is 0 Å². The average molecular weight is 556 g/mol. The first-order valence-electron chi connectivity index (χ1n) is 13.7. The summed E-state index contributed by atoms with van der Waals surface area (Å²) in [7, 11) is 0.636. The number of methoxy groups -OCH3 is 2. The van der Waals surface area contributed by atoms with Crippen molar-refractivity contribution in [2.75, 3.05) is 20.8 Å². The highest BCUT2D eigenvalue weighted by atomic mass is 28.4. The molecule has 0 fully saturated rings. The SMILES string of the molecule is COc1ccc(CN[C@H](CO[Si](c2ccccc2)(c2ccccc2)C(C)(C)C)Cc2ccc(O)cc2)c(OC)c1. The molecule has 0 aliphatic heterocycles. The minimum atomic E-state index is -2.70. The summed E-state index contributed by atoms with van der Waals surface area (Å²) in [5, 5.41) is 16.0. The van der Waals surface area contributed by atoms with E-state index < -0.39 is 8.32 Å². The zero-order valence-corrected chi connectivity index (χ0v) is 25.2. The first kappa shape index (κ1) is 29.4. The quantitative estimate of drug-likeness (QED) is 0.220. The number of hydrogen-bond donors (Lipinski definition) is 2. The molecule has 5 nitrogen and oxygen atoms in total. The third-order valence-electron chi connectivity index (χ3n) is 7.41. The normalized spacial score (nSPS) is 12.6. The van der Waals surface area contributed by atoms with Gasteiger partial charge in [-0.25, -0.2) is 0 Å². The molecule has 40 heavy (non-hydrogen) atoms. The highest BCUT2D eigenvalue weighted by Crippen LogP contribution is 2.37. The lowest BCUT2D eigenvalue weighted by Crippen LogP contribution is -2.67. The van der Waals surface area contributed by atoms with Crippen molar-refractivity contribution in [2.24, 2.45) is 0 Å². The second kappa shape index (κ2) is 13.2. The monoisotopic (exact) mass is 555 g/mol. The number of nitrogens with one attached hydrogen (secondary N) is 1. The maximum atomic E-state index is 9.84. The zero-order valence-electron chi connectivity index (χ0n) is 24.2. The molecule has 0 unspecified atom stereocenters. The van der Waals surface area contributed by atoms with Crippen LogP contribution in [0.3, 0.4) is 0 Å². The molecule has 4 aromatic carbocycles. The van der Waals surface area contributed by atoms with E-state index in [1.807, 2.05) is 30.3 Å². The minimum Gasteiger partial charge on any atom is -0.508 e. The Bertz CT molecular complexity index is 1300. The van der Waals surface area contributed by atoms with Gasteiger partial charge in [0, 0.05) is 24.2 Å². The van der Waals surface area contributed by atoms with Crippen LogP contribution in [0, 0.1) is 0 Å². The van der Waals surface area contributed by atoms with Gasteiger partial charge in [0.15, 0.2) is 0 Å². The topological polar surface area (TPSA) is 60.0 Å². The molecular weight excluding hydrogens is 514 g/mol. The molecule has 1 atom stereocenters. The van der Waals surface area contributed by atoms with Crippen molar-refractivity contribution in [2.45, 2.75) is 44.8 Å². The number of benzene rings is 4. The highest BCUT2D eigenvalue weighted by Gasteiger charge is 2.50. The summed E-state index contributed by atoms with van der Waals surface area (Å²) >= 11 is 0. The predicted molar refractivity (Wildman–Crippen MR) is 166 cm³/mol. The van der Waals surface area contributed by atoms with E-state index in [1.165, 1.54) is 10.4 Å². The molecule has 0 aliphatic rings. The number of ether oxygens (including phenoxy) is 2. The van der Waals surface area contributed by atoms with Crippen LogP contribution in [0.25, 0.3) is 0 Å². The number of phenolic OH excluding ortho intramolecular Hbond substituents is 1. The smallest absolute Gasteiger partial charge is 0.261 e. The largest absolute Gasteiger partial charge is 0.508 e. The van der Waals surface area contributed by atoms with Gasteiger partial charge in [0.2, 0.25) is 0 Å². The van der Waals surface area contributed by atoms with Crippen molar-refractivity contribution in [3.05, 3.63) is 114 Å². The summed E-state index contributed by atoms with van der Waals surface area (Å²) in [6.45, 7) is 8.02.